The molecule has 0 radical (unpaired) electrons. The van der Waals surface area contributed by atoms with E-state index in [2.05, 4.69) is 26.8 Å². The van der Waals surface area contributed by atoms with Crippen molar-refractivity contribution in [3.05, 3.63) is 58.4 Å². The number of hydrogen-bond acceptors (Lipinski definition) is 1. The highest BCUT2D eigenvalue weighted by Gasteiger charge is 2.06. The van der Waals surface area contributed by atoms with Crippen molar-refractivity contribution in [2.45, 2.75) is 26.7 Å². The minimum atomic E-state index is -0.444. The van der Waals surface area contributed by atoms with Gasteiger partial charge in [-0.05, 0) is 48.2 Å². The number of benzene rings is 2. The Bertz CT molecular complexity index is 593. The summed E-state index contributed by atoms with van der Waals surface area (Å²) >= 11 is 5.72. The molecule has 100 valence electrons. The first kappa shape index (κ1) is 13.9. The molecule has 0 aliphatic carbocycles. The first-order chi connectivity index (χ1) is 8.97. The molecule has 0 spiro atoms. The quantitative estimate of drug-likeness (QED) is 0.699. The van der Waals surface area contributed by atoms with Crippen molar-refractivity contribution in [3.63, 3.8) is 0 Å². The molecule has 0 aliphatic heterocycles. The van der Waals surface area contributed by atoms with Gasteiger partial charge in [-0.2, -0.15) is 0 Å². The zero-order valence-electron chi connectivity index (χ0n) is 11.2. The Morgan fingerprint density at radius 2 is 1.68 bits per heavy atom. The lowest BCUT2D eigenvalue weighted by atomic mass is 9.98. The van der Waals surface area contributed by atoms with Crippen LogP contribution in [0.3, 0.4) is 0 Å². The summed E-state index contributed by atoms with van der Waals surface area (Å²) in [6.07, 6.45) is 0. The third-order valence-corrected chi connectivity index (χ3v) is 3.28. The van der Waals surface area contributed by atoms with E-state index in [-0.39, 0.29) is 5.02 Å². The maximum absolute atomic E-state index is 13.1. The maximum Gasteiger partial charge on any atom is 0.142 e. The normalized spacial score (nSPS) is 10.8. The Morgan fingerprint density at radius 3 is 2.26 bits per heavy atom. The van der Waals surface area contributed by atoms with Crippen LogP contribution in [0.4, 0.5) is 4.39 Å². The van der Waals surface area contributed by atoms with Gasteiger partial charge in [-0.15, -0.1) is 0 Å². The molecule has 0 atom stereocenters. The van der Waals surface area contributed by atoms with E-state index in [1.165, 1.54) is 23.3 Å². The zero-order valence-corrected chi connectivity index (χ0v) is 12.0. The Labute approximate surface area is 118 Å². The summed E-state index contributed by atoms with van der Waals surface area (Å²) in [6, 6.07) is 10.3. The molecule has 2 rings (SSSR count). The molecule has 2 aromatic rings. The molecule has 2 aromatic carbocycles. The molecule has 0 saturated heterocycles. The topological polar surface area (TPSA) is 9.23 Å². The van der Waals surface area contributed by atoms with Crippen LogP contribution in [0.5, 0.6) is 11.5 Å². The highest BCUT2D eigenvalue weighted by atomic mass is 35.5. The Balaban J connectivity index is 2.24. The molecule has 0 saturated carbocycles. The fourth-order valence-corrected chi connectivity index (χ4v) is 2.21. The maximum atomic E-state index is 13.1. The molecule has 0 fully saturated rings. The molecule has 0 aromatic heterocycles. The molecule has 19 heavy (non-hydrogen) atoms. The number of aryl methyl sites for hydroxylation is 1. The van der Waals surface area contributed by atoms with Crippen molar-refractivity contribution in [2.24, 2.45) is 0 Å². The molecule has 0 bridgehead atoms. The van der Waals surface area contributed by atoms with Crippen LogP contribution in [0, 0.1) is 12.7 Å². The SMILES string of the molecule is Cc1cc(Oc2ccc(F)c(Cl)c2)ccc1C(C)C. The lowest BCUT2D eigenvalue weighted by Crippen LogP contribution is -1.93. The van der Waals surface area contributed by atoms with Crippen LogP contribution >= 0.6 is 11.6 Å². The molecule has 0 aliphatic rings. The molecular formula is C16H16ClFO. The van der Waals surface area contributed by atoms with Crippen molar-refractivity contribution < 1.29 is 9.13 Å². The van der Waals surface area contributed by atoms with Gasteiger partial charge in [0, 0.05) is 6.07 Å². The van der Waals surface area contributed by atoms with E-state index >= 15 is 0 Å². The Hall–Kier alpha value is -1.54. The van der Waals surface area contributed by atoms with Crippen molar-refractivity contribution >= 4 is 11.6 Å². The van der Waals surface area contributed by atoms with Crippen LogP contribution in [0.2, 0.25) is 5.02 Å². The predicted octanol–water partition coefficient (Wildman–Crippen LogP) is 5.70. The van der Waals surface area contributed by atoms with E-state index in [4.69, 9.17) is 16.3 Å². The van der Waals surface area contributed by atoms with Crippen LogP contribution in [-0.4, -0.2) is 0 Å². The summed E-state index contributed by atoms with van der Waals surface area (Å²) in [6.45, 7) is 6.37. The summed E-state index contributed by atoms with van der Waals surface area (Å²) in [5.41, 5.74) is 2.48. The van der Waals surface area contributed by atoms with Gasteiger partial charge in [0.1, 0.15) is 17.3 Å². The second-order valence-electron chi connectivity index (χ2n) is 4.85. The van der Waals surface area contributed by atoms with Crippen molar-refractivity contribution in [1.82, 2.24) is 0 Å². The average molecular weight is 279 g/mol. The van der Waals surface area contributed by atoms with Gasteiger partial charge < -0.3 is 4.74 Å². The standard InChI is InChI=1S/C16H16ClFO/c1-10(2)14-6-4-12(8-11(14)3)19-13-5-7-16(18)15(17)9-13/h4-10H,1-3H3. The molecule has 1 nitrogen and oxygen atoms in total. The highest BCUT2D eigenvalue weighted by Crippen LogP contribution is 2.29. The smallest absolute Gasteiger partial charge is 0.142 e. The fraction of sp³-hybridized carbons (Fsp3) is 0.250. The van der Waals surface area contributed by atoms with E-state index in [1.807, 2.05) is 12.1 Å². The molecule has 3 heteroatoms. The molecular weight excluding hydrogens is 263 g/mol. The Kier molecular flexibility index (Phi) is 4.11. The second kappa shape index (κ2) is 5.62. The molecule has 0 N–H and O–H groups in total. The number of hydrogen-bond donors (Lipinski definition) is 0. The monoisotopic (exact) mass is 278 g/mol. The second-order valence-corrected chi connectivity index (χ2v) is 5.26. The van der Waals surface area contributed by atoms with Gasteiger partial charge in [-0.1, -0.05) is 31.5 Å². The summed E-state index contributed by atoms with van der Waals surface area (Å²) in [7, 11) is 0. The van der Waals surface area contributed by atoms with Crippen LogP contribution < -0.4 is 4.74 Å². The van der Waals surface area contributed by atoms with Crippen LogP contribution in [0.25, 0.3) is 0 Å². The van der Waals surface area contributed by atoms with Gasteiger partial charge in [-0.25, -0.2) is 4.39 Å². The largest absolute Gasteiger partial charge is 0.457 e. The first-order valence-corrected chi connectivity index (χ1v) is 6.58. The van der Waals surface area contributed by atoms with Crippen LogP contribution in [-0.2, 0) is 0 Å². The first-order valence-electron chi connectivity index (χ1n) is 6.21. The third-order valence-electron chi connectivity index (χ3n) is 2.99. The number of ether oxygens (including phenoxy) is 1. The highest BCUT2D eigenvalue weighted by molar-refractivity contribution is 6.30. The fourth-order valence-electron chi connectivity index (χ4n) is 2.04. The van der Waals surface area contributed by atoms with Gasteiger partial charge in [-0.3, -0.25) is 0 Å². The van der Waals surface area contributed by atoms with Crippen LogP contribution in [0.15, 0.2) is 36.4 Å². The van der Waals surface area contributed by atoms with Crippen LogP contribution in [0.1, 0.15) is 30.9 Å². The van der Waals surface area contributed by atoms with E-state index in [0.717, 1.165) is 5.75 Å². The third kappa shape index (κ3) is 3.27. The number of rotatable bonds is 3. The number of halogens is 2. The van der Waals surface area contributed by atoms with Gasteiger partial charge in [0.2, 0.25) is 0 Å². The predicted molar refractivity (Wildman–Crippen MR) is 76.8 cm³/mol. The van der Waals surface area contributed by atoms with Crippen molar-refractivity contribution in [3.8, 4) is 11.5 Å². The summed E-state index contributed by atoms with van der Waals surface area (Å²) in [4.78, 5) is 0. The van der Waals surface area contributed by atoms with Gasteiger partial charge in [0.15, 0.2) is 0 Å². The molecule has 0 heterocycles. The van der Waals surface area contributed by atoms with E-state index in [1.54, 1.807) is 6.07 Å². The summed E-state index contributed by atoms with van der Waals surface area (Å²) < 4.78 is 18.7. The van der Waals surface area contributed by atoms with Gasteiger partial charge in [0.25, 0.3) is 0 Å². The molecule has 0 unspecified atom stereocenters. The molecule has 0 amide bonds. The average Bonchev–Trinajstić information content (AvgIpc) is 2.33. The van der Waals surface area contributed by atoms with Crippen molar-refractivity contribution in [2.75, 3.05) is 0 Å². The summed E-state index contributed by atoms with van der Waals surface area (Å²) in [5.74, 6) is 1.29. The zero-order chi connectivity index (χ0) is 14.0. The minimum Gasteiger partial charge on any atom is -0.457 e. The van der Waals surface area contributed by atoms with E-state index < -0.39 is 5.82 Å². The lowest BCUT2D eigenvalue weighted by Gasteiger charge is -2.12. The van der Waals surface area contributed by atoms with Gasteiger partial charge in [0.05, 0.1) is 5.02 Å². The Morgan fingerprint density at radius 1 is 1.05 bits per heavy atom. The summed E-state index contributed by atoms with van der Waals surface area (Å²) in [5, 5.41) is 0.0630. The van der Waals surface area contributed by atoms with E-state index in [0.29, 0.717) is 11.7 Å². The minimum absolute atomic E-state index is 0.0630. The van der Waals surface area contributed by atoms with Gasteiger partial charge >= 0.3 is 0 Å². The lowest BCUT2D eigenvalue weighted by molar-refractivity contribution is 0.480. The van der Waals surface area contributed by atoms with E-state index in [9.17, 15) is 4.39 Å². The van der Waals surface area contributed by atoms with Crippen molar-refractivity contribution in [1.29, 1.82) is 0 Å².